The lowest BCUT2D eigenvalue weighted by atomic mass is 9.86. The molecule has 166 valence electrons. The van der Waals surface area contributed by atoms with Crippen molar-refractivity contribution in [2.75, 3.05) is 25.3 Å². The van der Waals surface area contributed by atoms with Crippen molar-refractivity contribution in [3.05, 3.63) is 62.5 Å². The Morgan fingerprint density at radius 2 is 2.09 bits per heavy atom. The molecule has 2 heterocycles. The maximum atomic E-state index is 12.6. The Morgan fingerprint density at radius 1 is 1.31 bits per heavy atom. The lowest BCUT2D eigenvalue weighted by Gasteiger charge is -2.28. The number of nitrogens with one attached hydrogen (secondary N) is 2. The summed E-state index contributed by atoms with van der Waals surface area (Å²) in [4.78, 5) is 25.6. The SMILES string of the molecule is COc1ccc(NC(=O)CSC2=C(C#N)[C@@H](c3cccs3)C(C(N)=O)=C(C)N2)c(OC)c1. The third kappa shape index (κ3) is 4.90. The van der Waals surface area contributed by atoms with Crippen LogP contribution in [0.3, 0.4) is 0 Å². The van der Waals surface area contributed by atoms with E-state index in [1.54, 1.807) is 32.2 Å². The lowest BCUT2D eigenvalue weighted by molar-refractivity contribution is -0.115. The van der Waals surface area contributed by atoms with E-state index in [9.17, 15) is 14.9 Å². The molecule has 1 aliphatic heterocycles. The highest BCUT2D eigenvalue weighted by Gasteiger charge is 2.34. The number of hydrogen-bond acceptors (Lipinski definition) is 8. The second-order valence-electron chi connectivity index (χ2n) is 6.73. The minimum absolute atomic E-state index is 0.0407. The van der Waals surface area contributed by atoms with Crippen LogP contribution in [-0.2, 0) is 9.59 Å². The van der Waals surface area contributed by atoms with Gasteiger partial charge in [0.1, 0.15) is 11.5 Å². The van der Waals surface area contributed by atoms with Crippen molar-refractivity contribution in [3.8, 4) is 17.6 Å². The molecule has 0 spiro atoms. The first kappa shape index (κ1) is 23.2. The lowest BCUT2D eigenvalue weighted by Crippen LogP contribution is -2.31. The van der Waals surface area contributed by atoms with Gasteiger partial charge in [-0.25, -0.2) is 0 Å². The van der Waals surface area contributed by atoms with Gasteiger partial charge in [0.15, 0.2) is 0 Å². The van der Waals surface area contributed by atoms with Gasteiger partial charge >= 0.3 is 0 Å². The van der Waals surface area contributed by atoms with E-state index in [1.165, 1.54) is 30.2 Å². The third-order valence-electron chi connectivity index (χ3n) is 4.77. The van der Waals surface area contributed by atoms with Crippen molar-refractivity contribution >= 4 is 40.6 Å². The molecule has 1 aromatic carbocycles. The summed E-state index contributed by atoms with van der Waals surface area (Å²) in [6.07, 6.45) is 0. The van der Waals surface area contributed by atoms with Gasteiger partial charge < -0.3 is 25.8 Å². The predicted octanol–water partition coefficient (Wildman–Crippen LogP) is 3.32. The van der Waals surface area contributed by atoms with Crippen LogP contribution >= 0.6 is 23.1 Å². The number of hydrogen-bond donors (Lipinski definition) is 3. The molecule has 2 amide bonds. The summed E-state index contributed by atoms with van der Waals surface area (Å²) in [6, 6.07) is 11.0. The van der Waals surface area contributed by atoms with Crippen LogP contribution in [0.25, 0.3) is 0 Å². The molecular formula is C22H22N4O4S2. The molecule has 3 rings (SSSR count). The summed E-state index contributed by atoms with van der Waals surface area (Å²) in [5.74, 6) is -0.311. The first-order valence-corrected chi connectivity index (χ1v) is 11.4. The highest BCUT2D eigenvalue weighted by Crippen LogP contribution is 2.42. The average Bonchev–Trinajstić information content (AvgIpc) is 3.31. The van der Waals surface area contributed by atoms with Gasteiger partial charge in [-0.15, -0.1) is 11.3 Å². The number of allylic oxidation sites excluding steroid dienone is 2. The van der Waals surface area contributed by atoms with Crippen LogP contribution in [0.15, 0.2) is 57.6 Å². The number of ether oxygens (including phenoxy) is 2. The minimum Gasteiger partial charge on any atom is -0.497 e. The number of thioether (sulfide) groups is 1. The molecule has 0 radical (unpaired) electrons. The Bertz CT molecular complexity index is 1130. The molecule has 8 nitrogen and oxygen atoms in total. The summed E-state index contributed by atoms with van der Waals surface area (Å²) in [5.41, 5.74) is 7.39. The summed E-state index contributed by atoms with van der Waals surface area (Å²) >= 11 is 2.62. The highest BCUT2D eigenvalue weighted by atomic mass is 32.2. The molecule has 0 aliphatic carbocycles. The van der Waals surface area contributed by atoms with Crippen molar-refractivity contribution in [3.63, 3.8) is 0 Å². The van der Waals surface area contributed by atoms with E-state index in [0.29, 0.717) is 39.1 Å². The molecule has 1 atom stereocenters. The minimum atomic E-state index is -0.588. The van der Waals surface area contributed by atoms with E-state index < -0.39 is 11.8 Å². The normalized spacial score (nSPS) is 15.6. The molecular weight excluding hydrogens is 448 g/mol. The highest BCUT2D eigenvalue weighted by molar-refractivity contribution is 8.03. The molecule has 0 saturated heterocycles. The van der Waals surface area contributed by atoms with Gasteiger partial charge in [0.2, 0.25) is 11.8 Å². The second-order valence-corrected chi connectivity index (χ2v) is 8.70. The molecule has 10 heteroatoms. The van der Waals surface area contributed by atoms with E-state index in [1.807, 2.05) is 17.5 Å². The average molecular weight is 471 g/mol. The van der Waals surface area contributed by atoms with E-state index in [2.05, 4.69) is 16.7 Å². The van der Waals surface area contributed by atoms with Gasteiger partial charge in [0.25, 0.3) is 0 Å². The Hall–Kier alpha value is -3.42. The Morgan fingerprint density at radius 3 is 2.69 bits per heavy atom. The number of amides is 2. The Kier molecular flexibility index (Phi) is 7.45. The maximum absolute atomic E-state index is 12.6. The number of nitrogens with zero attached hydrogens (tertiary/aromatic N) is 1. The quantitative estimate of drug-likeness (QED) is 0.540. The molecule has 0 saturated carbocycles. The van der Waals surface area contributed by atoms with Gasteiger partial charge in [-0.3, -0.25) is 9.59 Å². The van der Waals surface area contributed by atoms with E-state index in [4.69, 9.17) is 15.2 Å². The zero-order valence-corrected chi connectivity index (χ0v) is 19.4. The van der Waals surface area contributed by atoms with Crippen LogP contribution in [0.2, 0.25) is 0 Å². The largest absolute Gasteiger partial charge is 0.497 e. The molecule has 32 heavy (non-hydrogen) atoms. The molecule has 0 unspecified atom stereocenters. The second kappa shape index (κ2) is 10.3. The fourth-order valence-corrected chi connectivity index (χ4v) is 5.05. The van der Waals surface area contributed by atoms with Gasteiger partial charge in [-0.1, -0.05) is 17.8 Å². The van der Waals surface area contributed by atoms with E-state index >= 15 is 0 Å². The smallest absolute Gasteiger partial charge is 0.247 e. The van der Waals surface area contributed by atoms with Gasteiger partial charge in [0, 0.05) is 22.2 Å². The number of anilines is 1. The van der Waals surface area contributed by atoms with Crippen molar-refractivity contribution < 1.29 is 19.1 Å². The first-order valence-electron chi connectivity index (χ1n) is 9.49. The van der Waals surface area contributed by atoms with Gasteiger partial charge in [0.05, 0.1) is 48.2 Å². The summed E-state index contributed by atoms with van der Waals surface area (Å²) in [6.45, 7) is 1.73. The molecule has 1 aromatic heterocycles. The standard InChI is InChI=1S/C22H22N4O4S2/c1-12-19(21(24)28)20(17-5-4-8-31-17)14(10-23)22(25-12)32-11-18(27)26-15-7-6-13(29-2)9-16(15)30-3/h4-9,20,25H,11H2,1-3H3,(H2,24,28)(H,26,27)/t20-/m0/s1. The fourth-order valence-electron chi connectivity index (χ4n) is 3.32. The number of methoxy groups -OCH3 is 2. The molecule has 0 bridgehead atoms. The zero-order chi connectivity index (χ0) is 23.3. The summed E-state index contributed by atoms with van der Waals surface area (Å²) in [7, 11) is 3.05. The number of carbonyl (C=O) groups is 2. The molecule has 0 fully saturated rings. The third-order valence-corrected chi connectivity index (χ3v) is 6.73. The first-order chi connectivity index (χ1) is 15.4. The van der Waals surface area contributed by atoms with Crippen LogP contribution < -0.4 is 25.8 Å². The topological polar surface area (TPSA) is 126 Å². The fraction of sp³-hybridized carbons (Fsp3) is 0.227. The Labute approximate surface area is 194 Å². The van der Waals surface area contributed by atoms with E-state index in [0.717, 1.165) is 4.88 Å². The number of nitrogens with two attached hydrogens (primary N) is 1. The summed E-state index contributed by atoms with van der Waals surface area (Å²) < 4.78 is 10.5. The molecule has 1 aliphatic rings. The van der Waals surface area contributed by atoms with Crippen molar-refractivity contribution in [1.29, 1.82) is 5.26 Å². The van der Waals surface area contributed by atoms with Crippen molar-refractivity contribution in [2.24, 2.45) is 5.73 Å². The number of nitriles is 1. The van der Waals surface area contributed by atoms with Crippen molar-refractivity contribution in [1.82, 2.24) is 5.32 Å². The van der Waals surface area contributed by atoms with Crippen LogP contribution in [-0.4, -0.2) is 31.8 Å². The van der Waals surface area contributed by atoms with Gasteiger partial charge in [-0.2, -0.15) is 5.26 Å². The predicted molar refractivity (Wildman–Crippen MR) is 125 cm³/mol. The number of rotatable bonds is 8. The number of primary amides is 1. The number of thiophene rings is 1. The van der Waals surface area contributed by atoms with Crippen LogP contribution in [0.4, 0.5) is 5.69 Å². The van der Waals surface area contributed by atoms with Gasteiger partial charge in [-0.05, 0) is 30.5 Å². The number of carbonyl (C=O) groups excluding carboxylic acids is 2. The van der Waals surface area contributed by atoms with Crippen LogP contribution in [0, 0.1) is 11.3 Å². The molecule has 2 aromatic rings. The Balaban J connectivity index is 1.81. The number of benzene rings is 1. The van der Waals surface area contributed by atoms with Crippen LogP contribution in [0.1, 0.15) is 17.7 Å². The summed E-state index contributed by atoms with van der Waals surface area (Å²) in [5, 5.41) is 18.2. The van der Waals surface area contributed by atoms with Crippen LogP contribution in [0.5, 0.6) is 11.5 Å². The van der Waals surface area contributed by atoms with Crippen molar-refractivity contribution in [2.45, 2.75) is 12.8 Å². The monoisotopic (exact) mass is 470 g/mol. The number of dihydropyridines is 1. The molecule has 4 N–H and O–H groups in total. The maximum Gasteiger partial charge on any atom is 0.247 e. The zero-order valence-electron chi connectivity index (χ0n) is 17.7. The van der Waals surface area contributed by atoms with E-state index in [-0.39, 0.29) is 11.7 Å².